The van der Waals surface area contributed by atoms with Crippen molar-refractivity contribution in [2.45, 2.75) is 31.8 Å². The maximum atomic E-state index is 11.5. The van der Waals surface area contributed by atoms with Gasteiger partial charge in [-0.2, -0.15) is 0 Å². The molecule has 2 N–H and O–H groups in total. The zero-order valence-electron chi connectivity index (χ0n) is 20.2. The van der Waals surface area contributed by atoms with Gasteiger partial charge in [0.2, 0.25) is 0 Å². The van der Waals surface area contributed by atoms with Crippen LogP contribution in [-0.2, 0) is 28.9 Å². The molecule has 0 spiro atoms. The number of rotatable bonds is 9. The minimum absolute atomic E-state index is 0.337. The predicted octanol–water partition coefficient (Wildman–Crippen LogP) is 5.42. The maximum Gasteiger partial charge on any atom is 0.330 e. The molecule has 5 rings (SSSR count). The number of aromatic amines is 2. The van der Waals surface area contributed by atoms with Crippen LogP contribution < -0.4 is 4.74 Å². The number of benzene rings is 2. The zero-order valence-corrected chi connectivity index (χ0v) is 20.2. The van der Waals surface area contributed by atoms with E-state index in [-0.39, 0.29) is 5.97 Å². The highest BCUT2D eigenvalue weighted by molar-refractivity contribution is 5.87. The average molecular weight is 470 g/mol. The molecule has 0 saturated heterocycles. The van der Waals surface area contributed by atoms with Crippen LogP contribution in [0.3, 0.4) is 0 Å². The molecule has 1 atom stereocenters. The monoisotopic (exact) mass is 469 g/mol. The van der Waals surface area contributed by atoms with Gasteiger partial charge in [0.15, 0.2) is 0 Å². The van der Waals surface area contributed by atoms with Gasteiger partial charge in [0, 0.05) is 60.3 Å². The van der Waals surface area contributed by atoms with Gasteiger partial charge in [-0.3, -0.25) is 4.90 Å². The average Bonchev–Trinajstić information content (AvgIpc) is 3.64. The first-order chi connectivity index (χ1) is 17.1. The molecule has 1 unspecified atom stereocenters. The number of H-pyrrole nitrogens is 2. The molecular formula is C29H31N3O3. The Bertz CT molecular complexity index is 1340. The number of fused-ring (bicyclic) bond motifs is 2. The summed E-state index contributed by atoms with van der Waals surface area (Å²) >= 11 is 0. The lowest BCUT2D eigenvalue weighted by Crippen LogP contribution is -2.29. The number of methoxy groups -OCH3 is 2. The van der Waals surface area contributed by atoms with E-state index in [0.29, 0.717) is 6.04 Å². The Labute approximate surface area is 205 Å². The van der Waals surface area contributed by atoms with E-state index in [1.54, 1.807) is 7.11 Å². The number of carbonyl (C=O) groups is 1. The van der Waals surface area contributed by atoms with Crippen LogP contribution in [-0.4, -0.2) is 41.6 Å². The second-order valence-corrected chi connectivity index (χ2v) is 9.01. The van der Waals surface area contributed by atoms with Gasteiger partial charge in [-0.1, -0.05) is 18.2 Å². The third kappa shape index (κ3) is 5.03. The largest absolute Gasteiger partial charge is 0.497 e. The standard InChI is InChI=1S/C29H31N3O3/c1-34-24-8-10-25-22(18-31-27(25)17-24)13-15-32(19-23-4-3-14-30-23)28-11-7-21-16-20(5-9-26(21)28)6-12-29(33)35-2/h3-6,8-10,12,14,16-18,28,30-31H,7,11,13,15,19H2,1-2H3/b12-6+. The van der Waals surface area contributed by atoms with Crippen LogP contribution in [0.2, 0.25) is 0 Å². The fourth-order valence-electron chi connectivity index (χ4n) is 5.12. The third-order valence-electron chi connectivity index (χ3n) is 6.95. The van der Waals surface area contributed by atoms with E-state index >= 15 is 0 Å². The number of ether oxygens (including phenoxy) is 2. The number of aromatic nitrogens is 2. The van der Waals surface area contributed by atoms with Crippen LogP contribution in [0.25, 0.3) is 17.0 Å². The van der Waals surface area contributed by atoms with Crippen molar-refractivity contribution in [2.75, 3.05) is 20.8 Å². The normalized spacial score (nSPS) is 15.2. The van der Waals surface area contributed by atoms with Gasteiger partial charge < -0.3 is 19.4 Å². The molecule has 2 aromatic heterocycles. The first kappa shape index (κ1) is 23.0. The summed E-state index contributed by atoms with van der Waals surface area (Å²) in [5.41, 5.74) is 7.42. The zero-order chi connectivity index (χ0) is 24.2. The van der Waals surface area contributed by atoms with Crippen molar-refractivity contribution in [3.05, 3.63) is 94.9 Å². The molecule has 35 heavy (non-hydrogen) atoms. The van der Waals surface area contributed by atoms with Gasteiger partial charge in [0.05, 0.1) is 14.2 Å². The van der Waals surface area contributed by atoms with E-state index in [1.165, 1.54) is 41.0 Å². The molecule has 0 saturated carbocycles. The minimum Gasteiger partial charge on any atom is -0.497 e. The Kier molecular flexibility index (Phi) is 6.73. The van der Waals surface area contributed by atoms with Crippen molar-refractivity contribution in [3.8, 4) is 5.75 Å². The topological polar surface area (TPSA) is 70.3 Å². The summed E-state index contributed by atoms with van der Waals surface area (Å²) in [6.45, 7) is 1.82. The fraction of sp³-hybridized carbons (Fsp3) is 0.276. The van der Waals surface area contributed by atoms with Crippen molar-refractivity contribution in [1.29, 1.82) is 0 Å². The SMILES string of the molecule is COC(=O)/C=C/c1ccc2c(c1)CCC2N(CCc1c[nH]c2cc(OC)ccc12)Cc1ccc[nH]1. The molecule has 1 aliphatic rings. The van der Waals surface area contributed by atoms with E-state index in [0.717, 1.165) is 49.2 Å². The Morgan fingerprint density at radius 1 is 1.14 bits per heavy atom. The summed E-state index contributed by atoms with van der Waals surface area (Å²) in [6.07, 6.45) is 10.5. The summed E-state index contributed by atoms with van der Waals surface area (Å²) in [5.74, 6) is 0.527. The Balaban J connectivity index is 1.37. The summed E-state index contributed by atoms with van der Waals surface area (Å²) in [5, 5.41) is 1.25. The van der Waals surface area contributed by atoms with Gasteiger partial charge in [-0.25, -0.2) is 4.79 Å². The smallest absolute Gasteiger partial charge is 0.330 e. The molecule has 2 heterocycles. The molecule has 6 nitrogen and oxygen atoms in total. The lowest BCUT2D eigenvalue weighted by molar-refractivity contribution is -0.134. The van der Waals surface area contributed by atoms with Crippen LogP contribution in [0.5, 0.6) is 5.75 Å². The van der Waals surface area contributed by atoms with Crippen LogP contribution in [0.4, 0.5) is 0 Å². The van der Waals surface area contributed by atoms with E-state index in [4.69, 9.17) is 9.47 Å². The van der Waals surface area contributed by atoms with Crippen molar-refractivity contribution in [1.82, 2.24) is 14.9 Å². The van der Waals surface area contributed by atoms with Gasteiger partial charge in [-0.15, -0.1) is 0 Å². The van der Waals surface area contributed by atoms with Crippen LogP contribution in [0.15, 0.2) is 67.0 Å². The van der Waals surface area contributed by atoms with E-state index < -0.39 is 0 Å². The number of aryl methyl sites for hydroxylation is 1. The van der Waals surface area contributed by atoms with Gasteiger partial charge in [0.25, 0.3) is 0 Å². The molecule has 6 heteroatoms. The van der Waals surface area contributed by atoms with Crippen molar-refractivity contribution >= 4 is 22.9 Å². The summed E-state index contributed by atoms with van der Waals surface area (Å²) in [4.78, 5) is 20.8. The lowest BCUT2D eigenvalue weighted by atomic mass is 10.0. The third-order valence-corrected chi connectivity index (χ3v) is 6.95. The highest BCUT2D eigenvalue weighted by Crippen LogP contribution is 2.37. The summed E-state index contributed by atoms with van der Waals surface area (Å²) in [7, 11) is 3.09. The molecule has 0 aliphatic heterocycles. The molecule has 180 valence electrons. The molecule has 0 fully saturated rings. The summed E-state index contributed by atoms with van der Waals surface area (Å²) in [6, 6.07) is 17.3. The lowest BCUT2D eigenvalue weighted by Gasteiger charge is -2.29. The van der Waals surface area contributed by atoms with Crippen molar-refractivity contribution in [2.24, 2.45) is 0 Å². The van der Waals surface area contributed by atoms with Crippen molar-refractivity contribution < 1.29 is 14.3 Å². The molecule has 1 aliphatic carbocycles. The predicted molar refractivity (Wildman–Crippen MR) is 138 cm³/mol. The molecule has 2 aromatic carbocycles. The van der Waals surface area contributed by atoms with E-state index in [1.807, 2.05) is 18.3 Å². The van der Waals surface area contributed by atoms with Gasteiger partial charge in [0.1, 0.15) is 5.75 Å². The van der Waals surface area contributed by atoms with E-state index in [2.05, 4.69) is 63.5 Å². The number of nitrogens with zero attached hydrogens (tertiary/aromatic N) is 1. The number of esters is 1. The van der Waals surface area contributed by atoms with E-state index in [9.17, 15) is 4.79 Å². The molecular weight excluding hydrogens is 438 g/mol. The minimum atomic E-state index is -0.337. The van der Waals surface area contributed by atoms with Crippen LogP contribution in [0.1, 0.15) is 40.4 Å². The highest BCUT2D eigenvalue weighted by atomic mass is 16.5. The number of hydrogen-bond acceptors (Lipinski definition) is 4. The summed E-state index contributed by atoms with van der Waals surface area (Å²) < 4.78 is 10.1. The first-order valence-electron chi connectivity index (χ1n) is 12.0. The maximum absolute atomic E-state index is 11.5. The second kappa shape index (κ2) is 10.2. The Morgan fingerprint density at radius 2 is 2.06 bits per heavy atom. The highest BCUT2D eigenvalue weighted by Gasteiger charge is 2.28. The van der Waals surface area contributed by atoms with Gasteiger partial charge >= 0.3 is 5.97 Å². The second-order valence-electron chi connectivity index (χ2n) is 9.01. The van der Waals surface area contributed by atoms with Crippen LogP contribution in [0, 0.1) is 0 Å². The molecule has 0 radical (unpaired) electrons. The molecule has 4 aromatic rings. The Hall–Kier alpha value is -3.77. The quantitative estimate of drug-likeness (QED) is 0.254. The number of carbonyl (C=O) groups excluding carboxylic acids is 1. The molecule has 0 bridgehead atoms. The molecule has 0 amide bonds. The number of hydrogen-bond donors (Lipinski definition) is 2. The Morgan fingerprint density at radius 3 is 2.86 bits per heavy atom. The number of nitrogens with one attached hydrogen (secondary N) is 2. The first-order valence-corrected chi connectivity index (χ1v) is 12.0. The van der Waals surface area contributed by atoms with Crippen LogP contribution >= 0.6 is 0 Å². The van der Waals surface area contributed by atoms with Crippen molar-refractivity contribution in [3.63, 3.8) is 0 Å². The fourth-order valence-corrected chi connectivity index (χ4v) is 5.12. The van der Waals surface area contributed by atoms with Gasteiger partial charge in [-0.05, 0) is 71.9 Å².